The second kappa shape index (κ2) is 11.1. The quantitative estimate of drug-likeness (QED) is 0.186. The summed E-state index contributed by atoms with van der Waals surface area (Å²) in [6.45, 7) is 4.66. The van der Waals surface area contributed by atoms with Crippen molar-refractivity contribution in [1.82, 2.24) is 19.1 Å². The van der Waals surface area contributed by atoms with E-state index in [2.05, 4.69) is 193 Å². The summed E-state index contributed by atoms with van der Waals surface area (Å²) in [7, 11) is 0. The molecular formula is C49H34N4. The number of hydrogen-bond acceptors (Lipinski definition) is 2. The molecule has 1 aliphatic rings. The standard InChI is InChI=1S/C49H34N4/c1-49(2)41-20-9-6-17-36(41)37-24-23-32(28-42(37)49)47-39-19-7-10-21-43(39)50-48(51-47)33-13-12-16-35(27-33)53-44-22-11-8-18-38(44)40-30-45-31(29-46(40)53)25-26-52(45)34-14-4-3-5-15-34/h3-30H,1-2H3. The molecule has 4 nitrogen and oxygen atoms in total. The van der Waals surface area contributed by atoms with E-state index in [9.17, 15) is 0 Å². The van der Waals surface area contributed by atoms with Crippen molar-refractivity contribution in [3.05, 3.63) is 181 Å². The second-order valence-corrected chi connectivity index (χ2v) is 14.7. The molecule has 250 valence electrons. The van der Waals surface area contributed by atoms with Crippen LogP contribution in [0.5, 0.6) is 0 Å². The molecule has 0 spiro atoms. The SMILES string of the molecule is CC1(C)c2ccccc2-c2ccc(-c3nc(-c4cccc(-n5c6ccccc6c6cc7c(ccn7-c7ccccc7)cc65)c4)nc4ccccc34)cc21. The van der Waals surface area contributed by atoms with Gasteiger partial charge in [0.05, 0.1) is 27.8 Å². The third kappa shape index (κ3) is 4.42. The van der Waals surface area contributed by atoms with E-state index in [1.165, 1.54) is 55.0 Å². The minimum absolute atomic E-state index is 0.0972. The molecule has 1 aliphatic carbocycles. The Morgan fingerprint density at radius 1 is 0.472 bits per heavy atom. The molecule has 0 unspecified atom stereocenters. The Hall–Kier alpha value is -6.78. The van der Waals surface area contributed by atoms with E-state index >= 15 is 0 Å². The van der Waals surface area contributed by atoms with Crippen molar-refractivity contribution in [3.8, 4) is 45.1 Å². The molecule has 0 radical (unpaired) electrons. The van der Waals surface area contributed by atoms with E-state index < -0.39 is 0 Å². The van der Waals surface area contributed by atoms with Crippen molar-refractivity contribution < 1.29 is 0 Å². The summed E-state index contributed by atoms with van der Waals surface area (Å²) in [6.07, 6.45) is 2.17. The summed E-state index contributed by atoms with van der Waals surface area (Å²) >= 11 is 0. The molecule has 0 amide bonds. The summed E-state index contributed by atoms with van der Waals surface area (Å²) in [4.78, 5) is 10.5. The Bertz CT molecular complexity index is 3090. The monoisotopic (exact) mass is 678 g/mol. The lowest BCUT2D eigenvalue weighted by molar-refractivity contribution is 0.660. The van der Waals surface area contributed by atoms with Crippen LogP contribution in [0.4, 0.5) is 0 Å². The van der Waals surface area contributed by atoms with Gasteiger partial charge in [0.2, 0.25) is 0 Å². The van der Waals surface area contributed by atoms with E-state index in [-0.39, 0.29) is 5.41 Å². The Morgan fingerprint density at radius 2 is 1.23 bits per heavy atom. The van der Waals surface area contributed by atoms with Crippen LogP contribution >= 0.6 is 0 Å². The predicted molar refractivity (Wildman–Crippen MR) is 219 cm³/mol. The smallest absolute Gasteiger partial charge is 0.160 e. The highest BCUT2D eigenvalue weighted by atomic mass is 15.0. The molecule has 11 rings (SSSR count). The number of aromatic nitrogens is 4. The predicted octanol–water partition coefficient (Wildman–Crippen LogP) is 12.3. The van der Waals surface area contributed by atoms with Crippen LogP contribution in [-0.4, -0.2) is 19.1 Å². The highest BCUT2D eigenvalue weighted by molar-refractivity contribution is 6.13. The maximum atomic E-state index is 5.36. The molecule has 0 N–H and O–H groups in total. The first-order valence-electron chi connectivity index (χ1n) is 18.2. The van der Waals surface area contributed by atoms with E-state index in [0.717, 1.165) is 39.1 Å². The summed E-state index contributed by atoms with van der Waals surface area (Å²) in [5, 5.41) is 4.70. The van der Waals surface area contributed by atoms with Gasteiger partial charge in [-0.1, -0.05) is 117 Å². The van der Waals surface area contributed by atoms with Crippen LogP contribution in [0.2, 0.25) is 0 Å². The molecule has 10 aromatic rings. The molecule has 3 aromatic heterocycles. The molecular weight excluding hydrogens is 645 g/mol. The maximum absolute atomic E-state index is 5.36. The first-order chi connectivity index (χ1) is 26.0. The molecule has 0 aliphatic heterocycles. The lowest BCUT2D eigenvalue weighted by Crippen LogP contribution is -2.15. The highest BCUT2D eigenvalue weighted by Gasteiger charge is 2.35. The fraction of sp³-hybridized carbons (Fsp3) is 0.0612. The fourth-order valence-electron chi connectivity index (χ4n) is 8.75. The lowest BCUT2D eigenvalue weighted by Gasteiger charge is -2.22. The van der Waals surface area contributed by atoms with Crippen molar-refractivity contribution in [2.24, 2.45) is 0 Å². The molecule has 0 saturated carbocycles. The Balaban J connectivity index is 1.08. The first kappa shape index (κ1) is 29.9. The van der Waals surface area contributed by atoms with Crippen LogP contribution in [0.15, 0.2) is 170 Å². The van der Waals surface area contributed by atoms with E-state index in [1.807, 2.05) is 0 Å². The van der Waals surface area contributed by atoms with Crippen molar-refractivity contribution in [3.63, 3.8) is 0 Å². The van der Waals surface area contributed by atoms with Gasteiger partial charge in [-0.2, -0.15) is 0 Å². The number of hydrogen-bond donors (Lipinski definition) is 0. The van der Waals surface area contributed by atoms with Crippen LogP contribution in [0, 0.1) is 0 Å². The largest absolute Gasteiger partial charge is 0.317 e. The molecule has 0 fully saturated rings. The molecule has 0 bridgehead atoms. The first-order valence-corrected chi connectivity index (χ1v) is 18.2. The van der Waals surface area contributed by atoms with Crippen LogP contribution in [-0.2, 0) is 5.41 Å². The van der Waals surface area contributed by atoms with Crippen LogP contribution in [0.1, 0.15) is 25.0 Å². The molecule has 4 heteroatoms. The van der Waals surface area contributed by atoms with Gasteiger partial charge in [-0.25, -0.2) is 9.97 Å². The van der Waals surface area contributed by atoms with Crippen LogP contribution in [0.3, 0.4) is 0 Å². The summed E-state index contributed by atoms with van der Waals surface area (Å²) in [5.41, 5.74) is 15.0. The lowest BCUT2D eigenvalue weighted by atomic mass is 9.82. The van der Waals surface area contributed by atoms with E-state index in [0.29, 0.717) is 5.82 Å². The Labute approximate surface area is 307 Å². The number of benzene rings is 7. The van der Waals surface area contributed by atoms with E-state index in [1.54, 1.807) is 0 Å². The van der Waals surface area contributed by atoms with Crippen LogP contribution in [0.25, 0.3) is 88.8 Å². The molecule has 53 heavy (non-hydrogen) atoms. The Morgan fingerprint density at radius 3 is 2.13 bits per heavy atom. The number of para-hydroxylation sites is 3. The maximum Gasteiger partial charge on any atom is 0.160 e. The third-order valence-electron chi connectivity index (χ3n) is 11.3. The topological polar surface area (TPSA) is 35.6 Å². The van der Waals surface area contributed by atoms with E-state index in [4.69, 9.17) is 9.97 Å². The van der Waals surface area contributed by atoms with Gasteiger partial charge in [-0.3, -0.25) is 0 Å². The molecule has 0 atom stereocenters. The number of rotatable bonds is 4. The summed E-state index contributed by atoms with van der Waals surface area (Å²) in [6, 6.07) is 58.9. The Kier molecular flexibility index (Phi) is 6.27. The number of nitrogens with zero attached hydrogens (tertiary/aromatic N) is 4. The zero-order chi connectivity index (χ0) is 35.3. The highest BCUT2D eigenvalue weighted by Crippen LogP contribution is 2.49. The zero-order valence-corrected chi connectivity index (χ0v) is 29.5. The minimum Gasteiger partial charge on any atom is -0.317 e. The summed E-state index contributed by atoms with van der Waals surface area (Å²) in [5.74, 6) is 0.715. The third-order valence-corrected chi connectivity index (χ3v) is 11.3. The average Bonchev–Trinajstić information content (AvgIpc) is 3.84. The van der Waals surface area contributed by atoms with Crippen LogP contribution < -0.4 is 0 Å². The van der Waals surface area contributed by atoms with Crippen molar-refractivity contribution in [2.75, 3.05) is 0 Å². The molecule has 7 aromatic carbocycles. The van der Waals surface area contributed by atoms with Crippen molar-refractivity contribution in [2.45, 2.75) is 19.3 Å². The van der Waals surface area contributed by atoms with Gasteiger partial charge in [0.15, 0.2) is 5.82 Å². The average molecular weight is 679 g/mol. The molecule has 3 heterocycles. The minimum atomic E-state index is -0.0972. The second-order valence-electron chi connectivity index (χ2n) is 14.7. The van der Waals surface area contributed by atoms with Crippen molar-refractivity contribution >= 4 is 43.6 Å². The number of fused-ring (bicyclic) bond motifs is 8. The van der Waals surface area contributed by atoms with Crippen molar-refractivity contribution in [1.29, 1.82) is 0 Å². The zero-order valence-electron chi connectivity index (χ0n) is 29.5. The summed E-state index contributed by atoms with van der Waals surface area (Å²) < 4.78 is 4.66. The van der Waals surface area contributed by atoms with Gasteiger partial charge in [0.25, 0.3) is 0 Å². The normalized spacial score (nSPS) is 13.2. The van der Waals surface area contributed by atoms with Gasteiger partial charge in [0.1, 0.15) is 0 Å². The van der Waals surface area contributed by atoms with Gasteiger partial charge in [-0.05, 0) is 82.9 Å². The molecule has 0 saturated heterocycles. The van der Waals surface area contributed by atoms with Gasteiger partial charge in [-0.15, -0.1) is 0 Å². The fourth-order valence-corrected chi connectivity index (χ4v) is 8.75. The van der Waals surface area contributed by atoms with Gasteiger partial charge < -0.3 is 9.13 Å². The van der Waals surface area contributed by atoms with Gasteiger partial charge >= 0.3 is 0 Å². The van der Waals surface area contributed by atoms with Gasteiger partial charge in [0, 0.05) is 55.7 Å².